The van der Waals surface area contributed by atoms with Gasteiger partial charge in [0.1, 0.15) is 11.5 Å². The zero-order chi connectivity index (χ0) is 25.5. The molecule has 0 spiro atoms. The first-order chi connectivity index (χ1) is 16.6. The van der Waals surface area contributed by atoms with E-state index in [1.165, 1.54) is 6.21 Å². The molecule has 0 aliphatic heterocycles. The van der Waals surface area contributed by atoms with Crippen LogP contribution in [0.5, 0.6) is 11.5 Å². The number of hydrogen-bond donors (Lipinski definition) is 1. The standard InChI is InChI=1S/C27H26Br2N2O4/c1-16(2)22-13-23(29)18(4)11-25(22)34-15-26(32)31-30-14-20-12-21(28)9-10-24(20)35-27(33)19-7-5-17(3)6-8-19/h5-14,16H,15H2,1-4H3,(H,31,32)/b30-14+. The number of aryl methyl sites for hydroxylation is 2. The Morgan fingerprint density at radius 2 is 1.71 bits per heavy atom. The Labute approximate surface area is 222 Å². The number of nitrogens with zero attached hydrogens (tertiary/aromatic N) is 1. The second-order valence-electron chi connectivity index (χ2n) is 8.31. The number of benzene rings is 3. The minimum atomic E-state index is -0.481. The minimum absolute atomic E-state index is 0.189. The molecule has 6 nitrogen and oxygen atoms in total. The fourth-order valence-corrected chi connectivity index (χ4v) is 3.90. The predicted octanol–water partition coefficient (Wildman–Crippen LogP) is 6.70. The molecular weight excluding hydrogens is 576 g/mol. The molecule has 1 amide bonds. The molecule has 0 unspecified atom stereocenters. The van der Waals surface area contributed by atoms with Crippen LogP contribution in [0.15, 0.2) is 68.6 Å². The molecule has 182 valence electrons. The summed E-state index contributed by atoms with van der Waals surface area (Å²) in [6.45, 7) is 7.85. The van der Waals surface area contributed by atoms with Gasteiger partial charge in [0.25, 0.3) is 5.91 Å². The highest BCUT2D eigenvalue weighted by molar-refractivity contribution is 9.10. The molecule has 0 aliphatic carbocycles. The van der Waals surface area contributed by atoms with Crippen LogP contribution in [0.2, 0.25) is 0 Å². The second kappa shape index (κ2) is 12.1. The Morgan fingerprint density at radius 3 is 2.40 bits per heavy atom. The van der Waals surface area contributed by atoms with Crippen LogP contribution in [0.3, 0.4) is 0 Å². The minimum Gasteiger partial charge on any atom is -0.483 e. The topological polar surface area (TPSA) is 77.0 Å². The van der Waals surface area contributed by atoms with E-state index in [0.29, 0.717) is 22.6 Å². The molecule has 0 bridgehead atoms. The van der Waals surface area contributed by atoms with Crippen LogP contribution in [0.1, 0.15) is 52.4 Å². The highest BCUT2D eigenvalue weighted by Crippen LogP contribution is 2.32. The van der Waals surface area contributed by atoms with E-state index >= 15 is 0 Å². The number of halogens is 2. The number of rotatable bonds is 8. The third-order valence-corrected chi connectivity index (χ3v) is 6.47. The maximum absolute atomic E-state index is 12.5. The lowest BCUT2D eigenvalue weighted by molar-refractivity contribution is -0.123. The SMILES string of the molecule is Cc1ccc(C(=O)Oc2ccc(Br)cc2/C=N/NC(=O)COc2cc(C)c(Br)cc2C(C)C)cc1. The van der Waals surface area contributed by atoms with Crippen molar-refractivity contribution in [1.29, 1.82) is 0 Å². The normalized spacial score (nSPS) is 11.1. The van der Waals surface area contributed by atoms with E-state index in [1.54, 1.807) is 30.3 Å². The summed E-state index contributed by atoms with van der Waals surface area (Å²) < 4.78 is 13.1. The molecule has 8 heteroatoms. The van der Waals surface area contributed by atoms with Crippen molar-refractivity contribution in [2.75, 3.05) is 6.61 Å². The van der Waals surface area contributed by atoms with E-state index in [9.17, 15) is 9.59 Å². The molecule has 1 N–H and O–H groups in total. The fraction of sp³-hybridized carbons (Fsp3) is 0.222. The number of amides is 1. The molecule has 0 saturated carbocycles. The van der Waals surface area contributed by atoms with Crippen LogP contribution in [0, 0.1) is 13.8 Å². The number of hydrogen-bond acceptors (Lipinski definition) is 5. The van der Waals surface area contributed by atoms with E-state index in [1.807, 2.05) is 38.1 Å². The van der Waals surface area contributed by atoms with Crippen LogP contribution in [-0.2, 0) is 4.79 Å². The molecule has 0 atom stereocenters. The largest absolute Gasteiger partial charge is 0.483 e. The van der Waals surface area contributed by atoms with Gasteiger partial charge in [-0.15, -0.1) is 0 Å². The lowest BCUT2D eigenvalue weighted by Gasteiger charge is -2.15. The number of carbonyl (C=O) groups excluding carboxylic acids is 2. The highest BCUT2D eigenvalue weighted by atomic mass is 79.9. The molecule has 0 saturated heterocycles. The van der Waals surface area contributed by atoms with Crippen LogP contribution in [0.25, 0.3) is 0 Å². The van der Waals surface area contributed by atoms with E-state index < -0.39 is 11.9 Å². The lowest BCUT2D eigenvalue weighted by atomic mass is 10.0. The van der Waals surface area contributed by atoms with Crippen molar-refractivity contribution >= 4 is 50.0 Å². The maximum Gasteiger partial charge on any atom is 0.343 e. The van der Waals surface area contributed by atoms with Crippen molar-refractivity contribution in [1.82, 2.24) is 5.43 Å². The molecule has 0 aliphatic rings. The number of hydrazone groups is 1. The monoisotopic (exact) mass is 600 g/mol. The summed E-state index contributed by atoms with van der Waals surface area (Å²) in [5, 5.41) is 4.01. The van der Waals surface area contributed by atoms with E-state index in [0.717, 1.165) is 25.6 Å². The van der Waals surface area contributed by atoms with Gasteiger partial charge in [0, 0.05) is 14.5 Å². The number of nitrogens with one attached hydrogen (secondary N) is 1. The smallest absolute Gasteiger partial charge is 0.343 e. The number of ether oxygens (including phenoxy) is 2. The first kappa shape index (κ1) is 26.6. The Balaban J connectivity index is 1.65. The molecule has 3 aromatic rings. The third-order valence-electron chi connectivity index (χ3n) is 5.13. The van der Waals surface area contributed by atoms with Crippen molar-refractivity contribution in [3.05, 3.63) is 91.4 Å². The van der Waals surface area contributed by atoms with Gasteiger partial charge >= 0.3 is 5.97 Å². The first-order valence-corrected chi connectivity index (χ1v) is 12.6. The predicted molar refractivity (Wildman–Crippen MR) is 144 cm³/mol. The fourth-order valence-electron chi connectivity index (χ4n) is 3.16. The Kier molecular flexibility index (Phi) is 9.23. The van der Waals surface area contributed by atoms with Gasteiger partial charge in [-0.25, -0.2) is 10.2 Å². The van der Waals surface area contributed by atoms with Crippen molar-refractivity contribution in [2.45, 2.75) is 33.6 Å². The number of esters is 1. The molecule has 3 rings (SSSR count). The number of carbonyl (C=O) groups is 2. The van der Waals surface area contributed by atoms with Gasteiger partial charge in [-0.05, 0) is 73.4 Å². The summed E-state index contributed by atoms with van der Waals surface area (Å²) in [7, 11) is 0. The first-order valence-electron chi connectivity index (χ1n) is 11.0. The van der Waals surface area contributed by atoms with E-state index in [4.69, 9.17) is 9.47 Å². The second-order valence-corrected chi connectivity index (χ2v) is 10.1. The van der Waals surface area contributed by atoms with Crippen LogP contribution < -0.4 is 14.9 Å². The zero-order valence-electron chi connectivity index (χ0n) is 19.9. The van der Waals surface area contributed by atoms with Crippen LogP contribution in [0.4, 0.5) is 0 Å². The summed E-state index contributed by atoms with van der Waals surface area (Å²) in [4.78, 5) is 24.8. The summed E-state index contributed by atoms with van der Waals surface area (Å²) in [5.41, 5.74) is 6.49. The Hall–Kier alpha value is -2.97. The molecule has 0 radical (unpaired) electrons. The van der Waals surface area contributed by atoms with Crippen molar-refractivity contribution < 1.29 is 19.1 Å². The van der Waals surface area contributed by atoms with Gasteiger partial charge in [-0.3, -0.25) is 4.79 Å². The zero-order valence-corrected chi connectivity index (χ0v) is 23.1. The van der Waals surface area contributed by atoms with Crippen molar-refractivity contribution in [3.8, 4) is 11.5 Å². The van der Waals surface area contributed by atoms with Crippen LogP contribution >= 0.6 is 31.9 Å². The van der Waals surface area contributed by atoms with Gasteiger partial charge in [0.2, 0.25) is 0 Å². The summed E-state index contributed by atoms with van der Waals surface area (Å²) in [5.74, 6) is 0.326. The molecule has 35 heavy (non-hydrogen) atoms. The molecule has 0 fully saturated rings. The highest BCUT2D eigenvalue weighted by Gasteiger charge is 2.13. The lowest BCUT2D eigenvalue weighted by Crippen LogP contribution is -2.25. The Bertz CT molecular complexity index is 1250. The van der Waals surface area contributed by atoms with E-state index in [2.05, 4.69) is 56.2 Å². The summed E-state index contributed by atoms with van der Waals surface area (Å²) in [6, 6.07) is 16.2. The van der Waals surface area contributed by atoms with Gasteiger partial charge in [0.05, 0.1) is 11.8 Å². The van der Waals surface area contributed by atoms with E-state index in [-0.39, 0.29) is 12.5 Å². The average molecular weight is 602 g/mol. The molecule has 0 aromatic heterocycles. The molecule has 0 heterocycles. The van der Waals surface area contributed by atoms with Gasteiger partial charge in [-0.2, -0.15) is 5.10 Å². The van der Waals surface area contributed by atoms with Gasteiger partial charge in [0.15, 0.2) is 6.61 Å². The van der Waals surface area contributed by atoms with Gasteiger partial charge < -0.3 is 9.47 Å². The Morgan fingerprint density at radius 1 is 1.00 bits per heavy atom. The van der Waals surface area contributed by atoms with Crippen molar-refractivity contribution in [3.63, 3.8) is 0 Å². The maximum atomic E-state index is 12.5. The van der Waals surface area contributed by atoms with Crippen LogP contribution in [-0.4, -0.2) is 24.7 Å². The molecule has 3 aromatic carbocycles. The summed E-state index contributed by atoms with van der Waals surface area (Å²) in [6.07, 6.45) is 1.42. The summed E-state index contributed by atoms with van der Waals surface area (Å²) >= 11 is 6.94. The third kappa shape index (κ3) is 7.50. The quantitative estimate of drug-likeness (QED) is 0.135. The van der Waals surface area contributed by atoms with Crippen molar-refractivity contribution in [2.24, 2.45) is 5.10 Å². The molecular formula is C27H26Br2N2O4. The van der Waals surface area contributed by atoms with Gasteiger partial charge in [-0.1, -0.05) is 63.4 Å². The average Bonchev–Trinajstić information content (AvgIpc) is 2.81.